The summed E-state index contributed by atoms with van der Waals surface area (Å²) in [6.07, 6.45) is -2.00. The van der Waals surface area contributed by atoms with Crippen LogP contribution in [0.4, 0.5) is 9.59 Å². The third kappa shape index (κ3) is 5.29. The average molecular weight is 463 g/mol. The third-order valence-corrected chi connectivity index (χ3v) is 4.88. The summed E-state index contributed by atoms with van der Waals surface area (Å²) in [6, 6.07) is 9.74. The van der Waals surface area contributed by atoms with Gasteiger partial charge in [0, 0.05) is 15.6 Å². The Morgan fingerprint density at radius 1 is 0.828 bits per heavy atom. The molecule has 0 atom stereocenters. The molecule has 0 aromatic heterocycles. The molecule has 0 bridgehead atoms. The van der Waals surface area contributed by atoms with Gasteiger partial charge in [-0.3, -0.25) is 0 Å². The molecule has 2 aromatic carbocycles. The standard InChI is InChI=1S/C22H27BrN2O4/c1-21(2,3)15-11-14(12-7-9-13(23)10-8-12)16(22(4,5)6)18(29-20(25)27)17(15)28-19(24)26/h7-11H,1-6H3,(H2,24,26)(H2,25,27). The Bertz CT molecular complexity index is 939. The van der Waals surface area contributed by atoms with Crippen LogP contribution in [-0.4, -0.2) is 12.2 Å². The maximum atomic E-state index is 11.8. The number of carbonyl (C=O) groups is 2. The highest BCUT2D eigenvalue weighted by atomic mass is 79.9. The lowest BCUT2D eigenvalue weighted by Crippen LogP contribution is -2.26. The van der Waals surface area contributed by atoms with E-state index in [0.29, 0.717) is 11.1 Å². The van der Waals surface area contributed by atoms with Gasteiger partial charge in [-0.15, -0.1) is 0 Å². The quantitative estimate of drug-likeness (QED) is 0.616. The highest BCUT2D eigenvalue weighted by Crippen LogP contribution is 2.50. The molecular formula is C22H27BrN2O4. The van der Waals surface area contributed by atoms with Gasteiger partial charge in [-0.1, -0.05) is 69.6 Å². The Hall–Kier alpha value is -2.54. The zero-order valence-corrected chi connectivity index (χ0v) is 19.1. The van der Waals surface area contributed by atoms with Gasteiger partial charge in [0.05, 0.1) is 0 Å². The van der Waals surface area contributed by atoms with Gasteiger partial charge >= 0.3 is 12.2 Å². The first-order valence-corrected chi connectivity index (χ1v) is 9.93. The maximum absolute atomic E-state index is 11.8. The smallest absolute Gasteiger partial charge is 0.406 e. The number of benzene rings is 2. The second kappa shape index (κ2) is 8.06. The molecule has 0 fully saturated rings. The van der Waals surface area contributed by atoms with Gasteiger partial charge in [-0.2, -0.15) is 0 Å². The molecule has 0 radical (unpaired) electrons. The highest BCUT2D eigenvalue weighted by molar-refractivity contribution is 9.10. The number of carbonyl (C=O) groups excluding carboxylic acids is 2. The van der Waals surface area contributed by atoms with E-state index in [-0.39, 0.29) is 11.5 Å². The van der Waals surface area contributed by atoms with Gasteiger partial charge in [-0.05, 0) is 40.2 Å². The van der Waals surface area contributed by atoms with Crippen LogP contribution >= 0.6 is 15.9 Å². The number of primary amides is 2. The monoisotopic (exact) mass is 462 g/mol. The summed E-state index contributed by atoms with van der Waals surface area (Å²) in [5, 5.41) is 0. The molecule has 0 unspecified atom stereocenters. The number of halogens is 1. The Balaban J connectivity index is 3.05. The van der Waals surface area contributed by atoms with Crippen molar-refractivity contribution < 1.29 is 19.1 Å². The number of amides is 2. The first kappa shape index (κ1) is 22.7. The maximum Gasteiger partial charge on any atom is 0.410 e. The Labute approximate surface area is 179 Å². The van der Waals surface area contributed by atoms with Crippen molar-refractivity contribution in [3.8, 4) is 22.6 Å². The molecule has 7 heteroatoms. The largest absolute Gasteiger partial charge is 0.410 e. The molecule has 4 N–H and O–H groups in total. The first-order valence-electron chi connectivity index (χ1n) is 9.14. The van der Waals surface area contributed by atoms with Crippen molar-refractivity contribution in [1.29, 1.82) is 0 Å². The summed E-state index contributed by atoms with van der Waals surface area (Å²) < 4.78 is 11.7. The van der Waals surface area contributed by atoms with Crippen LogP contribution in [0.5, 0.6) is 11.5 Å². The van der Waals surface area contributed by atoms with Gasteiger partial charge < -0.3 is 20.9 Å². The second-order valence-corrected chi connectivity index (χ2v) is 9.77. The molecule has 6 nitrogen and oxygen atoms in total. The summed E-state index contributed by atoms with van der Waals surface area (Å²) in [5.41, 5.74) is 12.9. The molecule has 0 aliphatic heterocycles. The Morgan fingerprint density at radius 2 is 1.31 bits per heavy atom. The van der Waals surface area contributed by atoms with Crippen molar-refractivity contribution >= 4 is 28.1 Å². The number of nitrogens with two attached hydrogens (primary N) is 2. The van der Waals surface area contributed by atoms with Crippen LogP contribution in [0.2, 0.25) is 0 Å². The van der Waals surface area contributed by atoms with Crippen LogP contribution in [0.25, 0.3) is 11.1 Å². The van der Waals surface area contributed by atoms with Crippen LogP contribution in [0, 0.1) is 0 Å². The van der Waals surface area contributed by atoms with Crippen molar-refractivity contribution in [2.75, 3.05) is 0 Å². The molecule has 0 spiro atoms. The van der Waals surface area contributed by atoms with E-state index >= 15 is 0 Å². The zero-order valence-electron chi connectivity index (χ0n) is 17.6. The van der Waals surface area contributed by atoms with E-state index in [1.807, 2.05) is 71.9 Å². The SMILES string of the molecule is CC(C)(C)c1cc(-c2ccc(Br)cc2)c(C(C)(C)C)c(OC(N)=O)c1OC(N)=O. The highest BCUT2D eigenvalue weighted by Gasteiger charge is 2.34. The van der Waals surface area contributed by atoms with Gasteiger partial charge in [0.15, 0.2) is 11.5 Å². The minimum absolute atomic E-state index is 0.106. The van der Waals surface area contributed by atoms with Gasteiger partial charge in [0.1, 0.15) is 0 Å². The Morgan fingerprint density at radius 3 is 1.72 bits per heavy atom. The molecule has 0 saturated carbocycles. The number of ether oxygens (including phenoxy) is 2. The summed E-state index contributed by atoms with van der Waals surface area (Å²) in [6.45, 7) is 11.8. The molecular weight excluding hydrogens is 436 g/mol. The molecule has 0 saturated heterocycles. The Kier molecular flexibility index (Phi) is 6.33. The summed E-state index contributed by atoms with van der Waals surface area (Å²) in [7, 11) is 0. The van der Waals surface area contributed by atoms with E-state index in [9.17, 15) is 9.59 Å². The van der Waals surface area contributed by atoms with E-state index in [1.54, 1.807) is 0 Å². The second-order valence-electron chi connectivity index (χ2n) is 8.85. The summed E-state index contributed by atoms with van der Waals surface area (Å²) >= 11 is 3.45. The number of rotatable bonds is 3. The lowest BCUT2D eigenvalue weighted by Gasteiger charge is -2.31. The molecule has 2 amide bonds. The predicted octanol–water partition coefficient (Wildman–Crippen LogP) is 5.63. The normalized spacial score (nSPS) is 11.8. The lowest BCUT2D eigenvalue weighted by atomic mass is 9.76. The number of hydrogen-bond donors (Lipinski definition) is 2. The molecule has 29 heavy (non-hydrogen) atoms. The summed E-state index contributed by atoms with van der Waals surface area (Å²) in [4.78, 5) is 23.4. The minimum atomic E-state index is -1.00. The molecule has 0 aliphatic rings. The van der Waals surface area contributed by atoms with Crippen molar-refractivity contribution in [1.82, 2.24) is 0 Å². The molecule has 156 valence electrons. The van der Waals surface area contributed by atoms with E-state index in [0.717, 1.165) is 15.6 Å². The van der Waals surface area contributed by atoms with Crippen molar-refractivity contribution in [3.63, 3.8) is 0 Å². The lowest BCUT2D eigenvalue weighted by molar-refractivity contribution is 0.198. The fourth-order valence-electron chi connectivity index (χ4n) is 3.20. The fraction of sp³-hybridized carbons (Fsp3) is 0.364. The van der Waals surface area contributed by atoms with Crippen LogP contribution in [0.15, 0.2) is 34.8 Å². The molecule has 0 heterocycles. The molecule has 2 rings (SSSR count). The summed E-state index contributed by atoms with van der Waals surface area (Å²) in [5.74, 6) is 0.212. The van der Waals surface area contributed by atoms with E-state index < -0.39 is 23.0 Å². The van der Waals surface area contributed by atoms with Crippen LogP contribution < -0.4 is 20.9 Å². The van der Waals surface area contributed by atoms with Crippen LogP contribution in [0.3, 0.4) is 0 Å². The van der Waals surface area contributed by atoms with Crippen LogP contribution in [-0.2, 0) is 10.8 Å². The topological polar surface area (TPSA) is 105 Å². The van der Waals surface area contributed by atoms with Crippen LogP contribution in [0.1, 0.15) is 52.7 Å². The van der Waals surface area contributed by atoms with Crippen molar-refractivity contribution in [2.24, 2.45) is 11.5 Å². The van der Waals surface area contributed by atoms with E-state index in [2.05, 4.69) is 15.9 Å². The van der Waals surface area contributed by atoms with Gasteiger partial charge in [0.25, 0.3) is 0 Å². The third-order valence-electron chi connectivity index (χ3n) is 4.35. The fourth-order valence-corrected chi connectivity index (χ4v) is 3.46. The van der Waals surface area contributed by atoms with Crippen molar-refractivity contribution in [3.05, 3.63) is 45.9 Å². The van der Waals surface area contributed by atoms with E-state index in [1.165, 1.54) is 0 Å². The van der Waals surface area contributed by atoms with E-state index in [4.69, 9.17) is 20.9 Å². The zero-order chi connectivity index (χ0) is 22.1. The van der Waals surface area contributed by atoms with Gasteiger partial charge in [0.2, 0.25) is 0 Å². The predicted molar refractivity (Wildman–Crippen MR) is 117 cm³/mol. The number of hydrogen-bond acceptors (Lipinski definition) is 4. The minimum Gasteiger partial charge on any atom is -0.406 e. The molecule has 0 aliphatic carbocycles. The molecule has 2 aromatic rings. The van der Waals surface area contributed by atoms with Gasteiger partial charge in [-0.25, -0.2) is 9.59 Å². The van der Waals surface area contributed by atoms with Crippen molar-refractivity contribution in [2.45, 2.75) is 52.4 Å². The first-order chi connectivity index (χ1) is 13.2. The average Bonchev–Trinajstić information content (AvgIpc) is 2.53.